The number of benzene rings is 3. The Morgan fingerprint density at radius 3 is 1.87 bits per heavy atom. The fraction of sp³-hybridized carbons (Fsp3) is 0.143. The molecule has 118 valence electrons. The summed E-state index contributed by atoms with van der Waals surface area (Å²) >= 11 is 1.69. The van der Waals surface area contributed by atoms with Gasteiger partial charge in [0.25, 0.3) is 0 Å². The van der Waals surface area contributed by atoms with E-state index in [1.165, 1.54) is 11.1 Å². The van der Waals surface area contributed by atoms with E-state index in [1.807, 2.05) is 42.5 Å². The molecule has 0 aliphatic carbocycles. The summed E-state index contributed by atoms with van der Waals surface area (Å²) in [6.45, 7) is 2.08. The highest BCUT2D eigenvalue weighted by Crippen LogP contribution is 2.27. The number of rotatable bonds is 4. The molecule has 1 nitrogen and oxygen atoms in total. The summed E-state index contributed by atoms with van der Waals surface area (Å²) in [5.41, 5.74) is 2.66. The molecule has 0 amide bonds. The van der Waals surface area contributed by atoms with Crippen LogP contribution < -0.4 is 0 Å². The van der Waals surface area contributed by atoms with Gasteiger partial charge in [-0.3, -0.25) is 0 Å². The Balaban J connectivity index is 0.000000229. The zero-order valence-corrected chi connectivity index (χ0v) is 14.2. The smallest absolute Gasteiger partial charge is 0.129 e. The zero-order chi connectivity index (χ0) is 16.3. The summed E-state index contributed by atoms with van der Waals surface area (Å²) in [7, 11) is 0. The fourth-order valence-corrected chi connectivity index (χ4v) is 2.99. The lowest BCUT2D eigenvalue weighted by molar-refractivity contribution is 0.462. The second-order valence-corrected chi connectivity index (χ2v) is 6.34. The number of para-hydroxylation sites is 1. The van der Waals surface area contributed by atoms with E-state index in [9.17, 15) is 5.11 Å². The molecular weight excluding hydrogens is 300 g/mol. The van der Waals surface area contributed by atoms with Crippen molar-refractivity contribution in [3.8, 4) is 5.75 Å². The van der Waals surface area contributed by atoms with E-state index < -0.39 is 0 Å². The maximum Gasteiger partial charge on any atom is 0.129 e. The van der Waals surface area contributed by atoms with Gasteiger partial charge in [0.15, 0.2) is 0 Å². The normalized spacial score (nSPS) is 9.78. The number of hydrogen-bond acceptors (Lipinski definition) is 2. The number of thioether (sulfide) groups is 1. The monoisotopic (exact) mass is 322 g/mol. The van der Waals surface area contributed by atoms with Crippen molar-refractivity contribution in [3.63, 3.8) is 0 Å². The van der Waals surface area contributed by atoms with Crippen LogP contribution >= 0.6 is 11.8 Å². The van der Waals surface area contributed by atoms with Gasteiger partial charge in [0.05, 0.1) is 0 Å². The SMILES string of the molecule is Cc1ccccc1.Oc1ccccc1SCCc1ccccc1. The first kappa shape index (κ1) is 17.2. The van der Waals surface area contributed by atoms with Crippen molar-refractivity contribution < 1.29 is 5.11 Å². The quantitative estimate of drug-likeness (QED) is 0.620. The van der Waals surface area contributed by atoms with Crippen molar-refractivity contribution in [2.75, 3.05) is 5.75 Å². The molecule has 3 aromatic carbocycles. The first-order valence-corrected chi connectivity index (χ1v) is 8.70. The molecule has 1 N–H and O–H groups in total. The van der Waals surface area contributed by atoms with Crippen molar-refractivity contribution in [2.24, 2.45) is 0 Å². The molecule has 0 aromatic heterocycles. The second kappa shape index (κ2) is 9.75. The van der Waals surface area contributed by atoms with Crippen molar-refractivity contribution in [1.82, 2.24) is 0 Å². The van der Waals surface area contributed by atoms with E-state index in [-0.39, 0.29) is 0 Å². The minimum absolute atomic E-state index is 0.376. The maximum absolute atomic E-state index is 9.59. The predicted molar refractivity (Wildman–Crippen MR) is 100 cm³/mol. The van der Waals surface area contributed by atoms with Crippen molar-refractivity contribution in [3.05, 3.63) is 96.1 Å². The van der Waals surface area contributed by atoms with Gasteiger partial charge in [-0.25, -0.2) is 0 Å². The summed E-state index contributed by atoms with van der Waals surface area (Å²) in [5, 5.41) is 9.59. The molecule has 0 heterocycles. The van der Waals surface area contributed by atoms with E-state index in [4.69, 9.17) is 0 Å². The molecule has 0 saturated heterocycles. The van der Waals surface area contributed by atoms with Crippen LogP contribution in [0.3, 0.4) is 0 Å². The highest BCUT2D eigenvalue weighted by atomic mass is 32.2. The summed E-state index contributed by atoms with van der Waals surface area (Å²) in [6.07, 6.45) is 1.03. The van der Waals surface area contributed by atoms with Gasteiger partial charge in [-0.1, -0.05) is 78.4 Å². The van der Waals surface area contributed by atoms with Gasteiger partial charge in [-0.2, -0.15) is 0 Å². The molecular formula is C21H22OS. The molecule has 23 heavy (non-hydrogen) atoms. The van der Waals surface area contributed by atoms with Crippen LogP contribution in [-0.4, -0.2) is 10.9 Å². The van der Waals surface area contributed by atoms with Crippen LogP contribution in [0.25, 0.3) is 0 Å². The minimum Gasteiger partial charge on any atom is -0.507 e. The highest BCUT2D eigenvalue weighted by Gasteiger charge is 2.00. The van der Waals surface area contributed by atoms with Crippen LogP contribution in [0, 0.1) is 6.92 Å². The first-order chi connectivity index (χ1) is 11.3. The molecule has 3 aromatic rings. The summed E-state index contributed by atoms with van der Waals surface area (Å²) in [6, 6.07) is 28.1. The van der Waals surface area contributed by atoms with Gasteiger partial charge in [-0.15, -0.1) is 11.8 Å². The van der Waals surface area contributed by atoms with Gasteiger partial charge in [-0.05, 0) is 31.0 Å². The average molecular weight is 322 g/mol. The van der Waals surface area contributed by atoms with E-state index in [0.717, 1.165) is 17.1 Å². The Kier molecular flexibility index (Phi) is 7.28. The molecule has 0 bridgehead atoms. The van der Waals surface area contributed by atoms with Gasteiger partial charge >= 0.3 is 0 Å². The molecule has 0 atom stereocenters. The number of phenols is 1. The third kappa shape index (κ3) is 6.62. The topological polar surface area (TPSA) is 20.2 Å². The van der Waals surface area contributed by atoms with Crippen molar-refractivity contribution in [2.45, 2.75) is 18.2 Å². The van der Waals surface area contributed by atoms with E-state index in [0.29, 0.717) is 5.75 Å². The molecule has 0 saturated carbocycles. The predicted octanol–water partition coefficient (Wildman–Crippen LogP) is 5.72. The fourth-order valence-electron chi connectivity index (χ4n) is 2.04. The maximum atomic E-state index is 9.59. The standard InChI is InChI=1S/C14H14OS.C7H8/c15-13-8-4-5-9-14(13)16-11-10-12-6-2-1-3-7-12;1-7-5-3-2-4-6-7/h1-9,15H,10-11H2;2-6H,1H3. The molecule has 3 rings (SSSR count). The van der Waals surface area contributed by atoms with Crippen LogP contribution in [0.1, 0.15) is 11.1 Å². The van der Waals surface area contributed by atoms with Crippen LogP contribution in [-0.2, 0) is 6.42 Å². The number of aromatic hydroxyl groups is 1. The molecule has 0 unspecified atom stereocenters. The van der Waals surface area contributed by atoms with Gasteiger partial charge in [0.1, 0.15) is 5.75 Å². The largest absolute Gasteiger partial charge is 0.507 e. The van der Waals surface area contributed by atoms with Crippen molar-refractivity contribution >= 4 is 11.8 Å². The molecule has 2 heteroatoms. The molecule has 0 fully saturated rings. The lowest BCUT2D eigenvalue weighted by Gasteiger charge is -2.03. The molecule has 0 radical (unpaired) electrons. The van der Waals surface area contributed by atoms with Crippen LogP contribution in [0.15, 0.2) is 89.8 Å². The van der Waals surface area contributed by atoms with E-state index in [1.54, 1.807) is 17.8 Å². The average Bonchev–Trinajstić information content (AvgIpc) is 2.59. The van der Waals surface area contributed by atoms with Crippen LogP contribution in [0.2, 0.25) is 0 Å². The van der Waals surface area contributed by atoms with Gasteiger partial charge < -0.3 is 5.11 Å². The van der Waals surface area contributed by atoms with Crippen LogP contribution in [0.4, 0.5) is 0 Å². The van der Waals surface area contributed by atoms with E-state index >= 15 is 0 Å². The van der Waals surface area contributed by atoms with E-state index in [2.05, 4.69) is 43.3 Å². The highest BCUT2D eigenvalue weighted by molar-refractivity contribution is 7.99. The zero-order valence-electron chi connectivity index (χ0n) is 13.4. The Bertz CT molecular complexity index is 680. The van der Waals surface area contributed by atoms with Crippen molar-refractivity contribution in [1.29, 1.82) is 0 Å². The lowest BCUT2D eigenvalue weighted by atomic mass is 10.2. The molecule has 0 spiro atoms. The third-order valence-electron chi connectivity index (χ3n) is 3.30. The molecule has 0 aliphatic rings. The summed E-state index contributed by atoms with van der Waals surface area (Å²) < 4.78 is 0. The summed E-state index contributed by atoms with van der Waals surface area (Å²) in [5.74, 6) is 1.36. The number of phenolic OH excluding ortho intramolecular Hbond substituents is 1. The Labute approximate surface area is 143 Å². The second-order valence-electron chi connectivity index (χ2n) is 5.21. The Morgan fingerprint density at radius 2 is 1.30 bits per heavy atom. The third-order valence-corrected chi connectivity index (χ3v) is 4.36. The molecule has 0 aliphatic heterocycles. The van der Waals surface area contributed by atoms with Gasteiger partial charge in [0, 0.05) is 10.6 Å². The van der Waals surface area contributed by atoms with Gasteiger partial charge in [0.2, 0.25) is 0 Å². The number of aryl methyl sites for hydroxylation is 2. The van der Waals surface area contributed by atoms with Crippen LogP contribution in [0.5, 0.6) is 5.75 Å². The summed E-state index contributed by atoms with van der Waals surface area (Å²) in [4.78, 5) is 0.957. The Hall–Kier alpha value is -2.19. The lowest BCUT2D eigenvalue weighted by Crippen LogP contribution is -1.87. The minimum atomic E-state index is 0.376. The number of hydrogen-bond donors (Lipinski definition) is 1. The Morgan fingerprint density at radius 1 is 0.739 bits per heavy atom. The first-order valence-electron chi connectivity index (χ1n) is 7.72.